The first kappa shape index (κ1) is 14.2. The molecule has 0 unspecified atom stereocenters. The average molecular weight is 248 g/mol. The van der Waals surface area contributed by atoms with Gasteiger partial charge in [-0.05, 0) is 49.9 Å². The molecule has 1 aromatic carbocycles. The lowest BCUT2D eigenvalue weighted by molar-refractivity contribution is -0.115. The van der Waals surface area contributed by atoms with Gasteiger partial charge in [0, 0.05) is 25.2 Å². The van der Waals surface area contributed by atoms with Gasteiger partial charge in [-0.3, -0.25) is 9.59 Å². The van der Waals surface area contributed by atoms with Crippen LogP contribution in [0.3, 0.4) is 0 Å². The van der Waals surface area contributed by atoms with Crippen molar-refractivity contribution in [2.45, 2.75) is 41.5 Å². The van der Waals surface area contributed by atoms with E-state index in [0.29, 0.717) is 0 Å². The van der Waals surface area contributed by atoms with E-state index in [9.17, 15) is 9.59 Å². The van der Waals surface area contributed by atoms with E-state index >= 15 is 0 Å². The van der Waals surface area contributed by atoms with Gasteiger partial charge in [0.1, 0.15) is 0 Å². The van der Waals surface area contributed by atoms with Crippen LogP contribution in [0.25, 0.3) is 0 Å². The van der Waals surface area contributed by atoms with Gasteiger partial charge in [-0.25, -0.2) is 0 Å². The van der Waals surface area contributed by atoms with Crippen molar-refractivity contribution in [3.05, 3.63) is 22.3 Å². The second-order valence-electron chi connectivity index (χ2n) is 4.61. The van der Waals surface area contributed by atoms with Gasteiger partial charge in [-0.1, -0.05) is 0 Å². The van der Waals surface area contributed by atoms with Crippen LogP contribution >= 0.6 is 0 Å². The third kappa shape index (κ3) is 2.70. The Kier molecular flexibility index (Phi) is 4.11. The molecular weight excluding hydrogens is 228 g/mol. The molecule has 0 radical (unpaired) electrons. The lowest BCUT2D eigenvalue weighted by atomic mass is 9.95. The Hall–Kier alpha value is -1.84. The highest BCUT2D eigenvalue weighted by atomic mass is 16.2. The molecule has 0 bridgehead atoms. The number of carbonyl (C=O) groups excluding carboxylic acids is 2. The SMILES string of the molecule is CC(=O)Nc1c(C)c(C)c(NC(C)=O)c(C)c1C. The minimum atomic E-state index is -0.0905. The fraction of sp³-hybridized carbons (Fsp3) is 0.429. The molecule has 0 saturated heterocycles. The summed E-state index contributed by atoms with van der Waals surface area (Å²) in [6, 6.07) is 0. The molecule has 1 rings (SSSR count). The zero-order valence-corrected chi connectivity index (χ0v) is 11.8. The maximum absolute atomic E-state index is 11.2. The summed E-state index contributed by atoms with van der Waals surface area (Å²) in [5.74, 6) is -0.181. The lowest BCUT2D eigenvalue weighted by Crippen LogP contribution is -2.14. The first-order valence-electron chi connectivity index (χ1n) is 5.91. The number of hydrogen-bond donors (Lipinski definition) is 2. The van der Waals surface area contributed by atoms with E-state index in [1.54, 1.807) is 0 Å². The van der Waals surface area contributed by atoms with E-state index in [4.69, 9.17) is 0 Å². The molecule has 0 heterocycles. The minimum Gasteiger partial charge on any atom is -0.326 e. The third-order valence-electron chi connectivity index (χ3n) is 3.23. The van der Waals surface area contributed by atoms with Gasteiger partial charge >= 0.3 is 0 Å². The second-order valence-corrected chi connectivity index (χ2v) is 4.61. The molecule has 0 saturated carbocycles. The van der Waals surface area contributed by atoms with E-state index < -0.39 is 0 Å². The van der Waals surface area contributed by atoms with Crippen LogP contribution in [-0.2, 0) is 9.59 Å². The maximum atomic E-state index is 11.2. The van der Waals surface area contributed by atoms with Gasteiger partial charge < -0.3 is 10.6 Å². The first-order valence-corrected chi connectivity index (χ1v) is 5.91. The monoisotopic (exact) mass is 248 g/mol. The smallest absolute Gasteiger partial charge is 0.221 e. The summed E-state index contributed by atoms with van der Waals surface area (Å²) in [5, 5.41) is 5.70. The molecule has 0 fully saturated rings. The molecule has 0 spiro atoms. The number of benzene rings is 1. The Morgan fingerprint density at radius 3 is 1.06 bits per heavy atom. The van der Waals surface area contributed by atoms with Gasteiger partial charge in [-0.2, -0.15) is 0 Å². The van der Waals surface area contributed by atoms with Gasteiger partial charge in [0.25, 0.3) is 0 Å². The van der Waals surface area contributed by atoms with E-state index in [2.05, 4.69) is 10.6 Å². The summed E-state index contributed by atoms with van der Waals surface area (Å²) in [5.41, 5.74) is 5.61. The molecule has 98 valence electrons. The van der Waals surface area contributed by atoms with Crippen molar-refractivity contribution in [2.75, 3.05) is 10.6 Å². The third-order valence-corrected chi connectivity index (χ3v) is 3.23. The summed E-state index contributed by atoms with van der Waals surface area (Å²) >= 11 is 0. The van der Waals surface area contributed by atoms with Crippen LogP contribution in [0.4, 0.5) is 11.4 Å². The van der Waals surface area contributed by atoms with Crippen molar-refractivity contribution < 1.29 is 9.59 Å². The number of nitrogens with one attached hydrogen (secondary N) is 2. The Morgan fingerprint density at radius 2 is 0.889 bits per heavy atom. The summed E-state index contributed by atoms with van der Waals surface area (Å²) < 4.78 is 0. The highest BCUT2D eigenvalue weighted by Crippen LogP contribution is 2.34. The van der Waals surface area contributed by atoms with Crippen LogP contribution in [0.15, 0.2) is 0 Å². The zero-order valence-electron chi connectivity index (χ0n) is 11.8. The molecule has 18 heavy (non-hydrogen) atoms. The molecule has 0 aromatic heterocycles. The standard InChI is InChI=1S/C14H20N2O2/c1-7-8(2)14(16-12(6)18)10(4)9(3)13(7)15-11(5)17/h1-6H3,(H,15,17)(H,16,18). The Balaban J connectivity index is 3.44. The maximum Gasteiger partial charge on any atom is 0.221 e. The first-order chi connectivity index (χ1) is 8.25. The normalized spacial score (nSPS) is 10.1. The number of anilines is 2. The van der Waals surface area contributed by atoms with Crippen LogP contribution in [0.1, 0.15) is 36.1 Å². The average Bonchev–Trinajstić information content (AvgIpc) is 2.27. The Morgan fingerprint density at radius 1 is 0.667 bits per heavy atom. The van der Waals surface area contributed by atoms with Gasteiger partial charge in [0.15, 0.2) is 0 Å². The minimum absolute atomic E-state index is 0.0905. The molecule has 0 aliphatic carbocycles. The summed E-state index contributed by atoms with van der Waals surface area (Å²) in [7, 11) is 0. The molecule has 4 nitrogen and oxygen atoms in total. The summed E-state index contributed by atoms with van der Waals surface area (Å²) in [6.45, 7) is 10.8. The van der Waals surface area contributed by atoms with Crippen molar-refractivity contribution in [2.24, 2.45) is 0 Å². The fourth-order valence-corrected chi connectivity index (χ4v) is 2.04. The van der Waals surface area contributed by atoms with Gasteiger partial charge in [-0.15, -0.1) is 0 Å². The van der Waals surface area contributed by atoms with E-state index in [0.717, 1.165) is 33.6 Å². The second kappa shape index (κ2) is 5.21. The van der Waals surface area contributed by atoms with Crippen molar-refractivity contribution in [1.29, 1.82) is 0 Å². The number of amides is 2. The highest BCUT2D eigenvalue weighted by Gasteiger charge is 2.15. The molecule has 0 aliphatic heterocycles. The molecule has 0 aliphatic rings. The molecule has 2 amide bonds. The summed E-state index contributed by atoms with van der Waals surface area (Å²) in [4.78, 5) is 22.4. The van der Waals surface area contributed by atoms with Gasteiger partial charge in [0.2, 0.25) is 11.8 Å². The van der Waals surface area contributed by atoms with Crippen LogP contribution in [-0.4, -0.2) is 11.8 Å². The Labute approximate surface area is 108 Å². The van der Waals surface area contributed by atoms with Crippen LogP contribution in [0.5, 0.6) is 0 Å². The van der Waals surface area contributed by atoms with Gasteiger partial charge in [0.05, 0.1) is 0 Å². The number of carbonyl (C=O) groups is 2. The van der Waals surface area contributed by atoms with Crippen molar-refractivity contribution in [3.8, 4) is 0 Å². The number of rotatable bonds is 2. The fourth-order valence-electron chi connectivity index (χ4n) is 2.04. The van der Waals surface area contributed by atoms with E-state index in [1.807, 2.05) is 27.7 Å². The summed E-state index contributed by atoms with van der Waals surface area (Å²) in [6.07, 6.45) is 0. The topological polar surface area (TPSA) is 58.2 Å². The zero-order chi connectivity index (χ0) is 14.0. The molecular formula is C14H20N2O2. The molecule has 4 heteroatoms. The lowest BCUT2D eigenvalue weighted by Gasteiger charge is -2.20. The number of hydrogen-bond acceptors (Lipinski definition) is 2. The van der Waals surface area contributed by atoms with Crippen LogP contribution in [0.2, 0.25) is 0 Å². The van der Waals surface area contributed by atoms with E-state index in [-0.39, 0.29) is 11.8 Å². The Bertz CT molecular complexity index is 443. The highest BCUT2D eigenvalue weighted by molar-refractivity contribution is 5.95. The largest absolute Gasteiger partial charge is 0.326 e. The van der Waals surface area contributed by atoms with E-state index in [1.165, 1.54) is 13.8 Å². The van der Waals surface area contributed by atoms with Crippen molar-refractivity contribution >= 4 is 23.2 Å². The van der Waals surface area contributed by atoms with Crippen molar-refractivity contribution in [3.63, 3.8) is 0 Å². The molecule has 0 atom stereocenters. The van der Waals surface area contributed by atoms with Crippen LogP contribution < -0.4 is 10.6 Å². The predicted octanol–water partition coefficient (Wildman–Crippen LogP) is 2.84. The van der Waals surface area contributed by atoms with Crippen LogP contribution in [0, 0.1) is 27.7 Å². The quantitative estimate of drug-likeness (QED) is 0.845. The van der Waals surface area contributed by atoms with Crippen molar-refractivity contribution in [1.82, 2.24) is 0 Å². The molecule has 2 N–H and O–H groups in total. The molecule has 1 aromatic rings. The predicted molar refractivity (Wildman–Crippen MR) is 74.0 cm³/mol.